The molecular weight excluding hydrogens is 653 g/mol. The van der Waals surface area contributed by atoms with Crippen LogP contribution in [0.25, 0.3) is 6.08 Å². The fourth-order valence-electron chi connectivity index (χ4n) is 4.22. The van der Waals surface area contributed by atoms with Crippen molar-refractivity contribution in [3.8, 4) is 11.5 Å². The quantitative estimate of drug-likeness (QED) is 0.0510. The van der Waals surface area contributed by atoms with Crippen molar-refractivity contribution in [2.75, 3.05) is 5.32 Å². The van der Waals surface area contributed by atoms with Gasteiger partial charge in [-0.2, -0.15) is 5.10 Å². The molecule has 2 amide bonds. The summed E-state index contributed by atoms with van der Waals surface area (Å²) in [5, 5.41) is 7.29. The van der Waals surface area contributed by atoms with Gasteiger partial charge in [0.2, 0.25) is 0 Å². The highest BCUT2D eigenvalue weighted by molar-refractivity contribution is 6.36. The average Bonchev–Trinajstić information content (AvgIpc) is 3.09. The predicted octanol–water partition coefficient (Wildman–Crippen LogP) is 7.85. The predicted molar refractivity (Wildman–Crippen MR) is 185 cm³/mol. The summed E-state index contributed by atoms with van der Waals surface area (Å²) in [4.78, 5) is 50.4. The minimum Gasteiger partial charge on any atom is -0.423 e. The lowest BCUT2D eigenvalue weighted by Crippen LogP contribution is -2.18. The van der Waals surface area contributed by atoms with E-state index in [0.29, 0.717) is 33.0 Å². The molecule has 5 aromatic rings. The van der Waals surface area contributed by atoms with Crippen LogP contribution < -0.4 is 20.2 Å². The SMILES string of the molecule is O=C(/C=C/c1ccccc1OC(=O)c1ccc(Cl)cc1Cl)Oc1ccccc1/C=N/NC(=O)c1ccc(NC(=O)c2ccccc2)cc1. The highest BCUT2D eigenvalue weighted by atomic mass is 35.5. The number of hydrogen-bond acceptors (Lipinski definition) is 7. The summed E-state index contributed by atoms with van der Waals surface area (Å²) in [5.41, 5.74) is 4.79. The van der Waals surface area contributed by atoms with E-state index >= 15 is 0 Å². The van der Waals surface area contributed by atoms with E-state index in [1.807, 2.05) is 6.07 Å². The maximum atomic E-state index is 12.7. The van der Waals surface area contributed by atoms with E-state index in [1.54, 1.807) is 97.1 Å². The van der Waals surface area contributed by atoms with Crippen LogP contribution in [0.3, 0.4) is 0 Å². The first-order valence-electron chi connectivity index (χ1n) is 14.3. The van der Waals surface area contributed by atoms with Gasteiger partial charge in [0.05, 0.1) is 16.8 Å². The fourth-order valence-corrected chi connectivity index (χ4v) is 4.71. The number of hydrogen-bond donors (Lipinski definition) is 2. The second kappa shape index (κ2) is 16.0. The molecule has 238 valence electrons. The minimum absolute atomic E-state index is 0.135. The van der Waals surface area contributed by atoms with Gasteiger partial charge in [0, 0.05) is 39.0 Å². The van der Waals surface area contributed by atoms with Crippen LogP contribution in [0.1, 0.15) is 42.2 Å². The van der Waals surface area contributed by atoms with Crippen LogP contribution >= 0.6 is 23.2 Å². The van der Waals surface area contributed by atoms with Crippen LogP contribution in [0, 0.1) is 0 Å². The summed E-state index contributed by atoms with van der Waals surface area (Å²) in [7, 11) is 0. The Labute approximate surface area is 285 Å². The van der Waals surface area contributed by atoms with E-state index in [4.69, 9.17) is 32.7 Å². The average molecular weight is 679 g/mol. The van der Waals surface area contributed by atoms with E-state index in [9.17, 15) is 19.2 Å². The van der Waals surface area contributed by atoms with Crippen molar-refractivity contribution in [3.63, 3.8) is 0 Å². The lowest BCUT2D eigenvalue weighted by Gasteiger charge is -2.09. The third-order valence-electron chi connectivity index (χ3n) is 6.61. The number of carbonyl (C=O) groups excluding carboxylic acids is 4. The number of amides is 2. The summed E-state index contributed by atoms with van der Waals surface area (Å²) in [6.07, 6.45) is 3.97. The summed E-state index contributed by atoms with van der Waals surface area (Å²) in [6.45, 7) is 0. The Kier molecular flexibility index (Phi) is 11.1. The summed E-state index contributed by atoms with van der Waals surface area (Å²) in [5.74, 6) is -1.75. The molecule has 0 saturated heterocycles. The van der Waals surface area contributed by atoms with Gasteiger partial charge in [-0.25, -0.2) is 15.0 Å². The van der Waals surface area contributed by atoms with Crippen LogP contribution in [-0.2, 0) is 4.79 Å². The first kappa shape index (κ1) is 33.3. The normalized spacial score (nSPS) is 10.9. The molecule has 5 aromatic carbocycles. The topological polar surface area (TPSA) is 123 Å². The second-order valence-corrected chi connectivity index (χ2v) is 10.8. The van der Waals surface area contributed by atoms with Crippen molar-refractivity contribution in [3.05, 3.63) is 165 Å². The summed E-state index contributed by atoms with van der Waals surface area (Å²) >= 11 is 12.0. The lowest BCUT2D eigenvalue weighted by molar-refractivity contribution is -0.128. The number of esters is 2. The second-order valence-electron chi connectivity index (χ2n) is 9.94. The third-order valence-corrected chi connectivity index (χ3v) is 7.16. The number of nitrogens with one attached hydrogen (secondary N) is 2. The van der Waals surface area contributed by atoms with Crippen LogP contribution in [0.4, 0.5) is 5.69 Å². The maximum absolute atomic E-state index is 12.7. The molecule has 0 heterocycles. The summed E-state index contributed by atoms with van der Waals surface area (Å²) in [6, 6.07) is 32.8. The first-order valence-corrected chi connectivity index (χ1v) is 15.1. The number of ether oxygens (including phenoxy) is 2. The standard InChI is InChI=1S/C37H25Cl2N3O6/c38-28-17-20-30(31(39)22-28)37(46)48-32-12-6-4-8-24(32)16-21-34(43)47-33-13-7-5-11-27(33)23-40-42-36(45)26-14-18-29(19-15-26)41-35(44)25-9-2-1-3-10-25/h1-23H,(H,41,44)(H,42,45)/b21-16+,40-23+. The van der Waals surface area contributed by atoms with E-state index in [0.717, 1.165) is 0 Å². The molecule has 0 atom stereocenters. The Morgan fingerprint density at radius 1 is 0.646 bits per heavy atom. The zero-order valence-corrected chi connectivity index (χ0v) is 26.4. The molecule has 9 nitrogen and oxygen atoms in total. The van der Waals surface area contributed by atoms with Gasteiger partial charge < -0.3 is 14.8 Å². The fraction of sp³-hybridized carbons (Fsp3) is 0. The third kappa shape index (κ3) is 9.03. The number of anilines is 1. The molecule has 0 aromatic heterocycles. The largest absolute Gasteiger partial charge is 0.423 e. The molecular formula is C37H25Cl2N3O6. The number of nitrogens with zero attached hydrogens (tertiary/aromatic N) is 1. The summed E-state index contributed by atoms with van der Waals surface area (Å²) < 4.78 is 11.0. The molecule has 0 aliphatic carbocycles. The highest BCUT2D eigenvalue weighted by Crippen LogP contribution is 2.25. The molecule has 0 saturated carbocycles. The smallest absolute Gasteiger partial charge is 0.345 e. The van der Waals surface area contributed by atoms with Crippen molar-refractivity contribution in [2.24, 2.45) is 5.10 Å². The highest BCUT2D eigenvalue weighted by Gasteiger charge is 2.15. The van der Waals surface area contributed by atoms with Gasteiger partial charge >= 0.3 is 11.9 Å². The van der Waals surface area contributed by atoms with Crippen LogP contribution in [0.15, 0.2) is 133 Å². The monoisotopic (exact) mass is 677 g/mol. The Hall–Kier alpha value is -6.03. The Morgan fingerprint density at radius 3 is 1.98 bits per heavy atom. The number of carbonyl (C=O) groups is 4. The molecule has 48 heavy (non-hydrogen) atoms. The molecule has 0 aliphatic heterocycles. The molecule has 0 radical (unpaired) electrons. The van der Waals surface area contributed by atoms with Gasteiger partial charge in [0.25, 0.3) is 11.8 Å². The van der Waals surface area contributed by atoms with Crippen molar-refractivity contribution in [1.82, 2.24) is 5.43 Å². The number of benzene rings is 5. The molecule has 0 aliphatic rings. The van der Waals surface area contributed by atoms with Crippen LogP contribution in [0.2, 0.25) is 10.0 Å². The van der Waals surface area contributed by atoms with E-state index in [1.165, 1.54) is 36.6 Å². The first-order chi connectivity index (χ1) is 23.3. The van der Waals surface area contributed by atoms with Crippen molar-refractivity contribution >= 4 is 64.9 Å². The zero-order chi connectivity index (χ0) is 33.9. The number of rotatable bonds is 10. The Morgan fingerprint density at radius 2 is 1.27 bits per heavy atom. The lowest BCUT2D eigenvalue weighted by atomic mass is 10.1. The van der Waals surface area contributed by atoms with Gasteiger partial charge in [-0.1, -0.05) is 71.7 Å². The van der Waals surface area contributed by atoms with Crippen molar-refractivity contribution < 1.29 is 28.7 Å². The van der Waals surface area contributed by atoms with Gasteiger partial charge in [-0.05, 0) is 78.9 Å². The van der Waals surface area contributed by atoms with Crippen molar-refractivity contribution in [1.29, 1.82) is 0 Å². The Bertz CT molecular complexity index is 2030. The molecule has 0 bridgehead atoms. The van der Waals surface area contributed by atoms with Crippen molar-refractivity contribution in [2.45, 2.75) is 0 Å². The van der Waals surface area contributed by atoms with Crippen LogP contribution in [-0.4, -0.2) is 30.0 Å². The molecule has 0 spiro atoms. The number of hydrazone groups is 1. The van der Waals surface area contributed by atoms with Gasteiger partial charge in [-0.3, -0.25) is 9.59 Å². The minimum atomic E-state index is -0.707. The molecule has 0 fully saturated rings. The number of para-hydroxylation sites is 2. The van der Waals surface area contributed by atoms with Crippen LogP contribution in [0.5, 0.6) is 11.5 Å². The van der Waals surface area contributed by atoms with Gasteiger partial charge in [0.1, 0.15) is 11.5 Å². The molecule has 11 heteroatoms. The Balaban J connectivity index is 1.17. The molecule has 0 unspecified atom stereocenters. The van der Waals surface area contributed by atoms with E-state index < -0.39 is 17.8 Å². The van der Waals surface area contributed by atoms with Gasteiger partial charge in [-0.15, -0.1) is 0 Å². The van der Waals surface area contributed by atoms with E-state index in [-0.39, 0.29) is 28.0 Å². The zero-order valence-electron chi connectivity index (χ0n) is 24.9. The van der Waals surface area contributed by atoms with E-state index in [2.05, 4.69) is 15.8 Å². The molecule has 2 N–H and O–H groups in total. The maximum Gasteiger partial charge on any atom is 0.345 e. The number of halogens is 2. The van der Waals surface area contributed by atoms with Gasteiger partial charge in [0.15, 0.2) is 0 Å². The molecule has 5 rings (SSSR count).